The molecule has 5 aromatic carbocycles. The van der Waals surface area contributed by atoms with E-state index in [1.165, 1.54) is 28.6 Å². The maximum Gasteiger partial charge on any atom is 0.470 e. The first-order valence-corrected chi connectivity index (χ1v) is 28.5. The molecule has 1 fully saturated rings. The maximum atomic E-state index is 12.6. The van der Waals surface area contributed by atoms with Crippen LogP contribution < -0.4 is 31.0 Å². The van der Waals surface area contributed by atoms with Crippen LogP contribution in [-0.4, -0.2) is 67.4 Å². The predicted molar refractivity (Wildman–Crippen MR) is 240 cm³/mol. The number of aromatic carboxylic acids is 1. The smallest absolute Gasteiger partial charge is 0.470 e. The summed E-state index contributed by atoms with van der Waals surface area (Å²) in [5.74, 6) is -0.564. The van der Waals surface area contributed by atoms with Crippen LogP contribution in [-0.2, 0) is 39.0 Å². The monoisotopic (exact) mass is 1090 g/mol. The number of carboxylic acid groups (broad SMARTS) is 1. The number of esters is 1. The van der Waals surface area contributed by atoms with Crippen molar-refractivity contribution in [1.82, 2.24) is 0 Å². The van der Waals surface area contributed by atoms with Crippen LogP contribution in [0, 0.1) is 24.9 Å². The molecule has 1 saturated carbocycles. The molecule has 0 saturated heterocycles. The number of carbonyl (C=O) groups is 2. The van der Waals surface area contributed by atoms with Crippen LogP contribution in [0.2, 0.25) is 0 Å². The number of hydrogen-bond acceptors (Lipinski definition) is 11. The second kappa shape index (κ2) is 20.9. The second-order valence-corrected chi connectivity index (χ2v) is 26.6. The third-order valence-electron chi connectivity index (χ3n) is 10.2. The van der Waals surface area contributed by atoms with E-state index < -0.39 is 66.1 Å². The molecule has 11 nitrogen and oxygen atoms in total. The number of benzene rings is 5. The van der Waals surface area contributed by atoms with Crippen LogP contribution in [0.3, 0.4) is 0 Å². The summed E-state index contributed by atoms with van der Waals surface area (Å²) in [5.41, 5.74) is -3.84. The molecule has 348 valence electrons. The number of halogens is 4. The molecular formula is C46H46F3IO11S4. The van der Waals surface area contributed by atoms with E-state index in [0.717, 1.165) is 52.6 Å². The molecule has 0 atom stereocenters. The summed E-state index contributed by atoms with van der Waals surface area (Å²) in [4.78, 5) is 24.8. The number of sulfone groups is 3. The summed E-state index contributed by atoms with van der Waals surface area (Å²) in [5, 5.41) is 13.6. The van der Waals surface area contributed by atoms with Gasteiger partial charge in [0.15, 0.2) is 34.3 Å². The highest BCUT2D eigenvalue weighted by atomic mass is 127. The first-order chi connectivity index (χ1) is 30.4. The molecule has 1 heterocycles. The minimum absolute atomic E-state index is 0.0415. The predicted octanol–water partition coefficient (Wildman–Crippen LogP) is 5.63. The molecule has 0 aliphatic heterocycles. The van der Waals surface area contributed by atoms with Crippen molar-refractivity contribution in [2.45, 2.75) is 64.0 Å². The number of fused-ring (bicyclic) bond motifs is 3. The van der Waals surface area contributed by atoms with Crippen molar-refractivity contribution < 1.29 is 83.8 Å². The molecule has 0 amide bonds. The van der Waals surface area contributed by atoms with Gasteiger partial charge < -0.3 is 19.4 Å². The van der Waals surface area contributed by atoms with Gasteiger partial charge in [0.25, 0.3) is 0 Å². The Morgan fingerprint density at radius 1 is 0.754 bits per heavy atom. The zero-order chi connectivity index (χ0) is 48.0. The van der Waals surface area contributed by atoms with Gasteiger partial charge >= 0.3 is 32.7 Å². The number of alkyl halides is 3. The van der Waals surface area contributed by atoms with Crippen LogP contribution in [0.15, 0.2) is 115 Å². The fourth-order valence-electron chi connectivity index (χ4n) is 7.38. The highest BCUT2D eigenvalue weighted by Crippen LogP contribution is 2.49. The number of hydrogen-bond donors (Lipinski definition) is 0. The van der Waals surface area contributed by atoms with Crippen LogP contribution in [0.4, 0.5) is 13.2 Å². The van der Waals surface area contributed by atoms with E-state index >= 15 is 0 Å². The lowest BCUT2D eigenvalue weighted by Gasteiger charge is -2.27. The minimum Gasteiger partial charge on any atom is -0.545 e. The Morgan fingerprint density at radius 2 is 1.23 bits per heavy atom. The molecule has 0 unspecified atom stereocenters. The van der Waals surface area contributed by atoms with E-state index in [-0.39, 0.29) is 41.2 Å². The Balaban J connectivity index is 0.000000208. The molecule has 19 heteroatoms. The Hall–Kier alpha value is -4.57. The van der Waals surface area contributed by atoms with Gasteiger partial charge in [-0.15, -0.1) is 0 Å². The number of aryl methyl sites for hydroxylation is 2. The quantitative estimate of drug-likeness (QED) is 0.0643. The lowest BCUT2D eigenvalue weighted by Crippen LogP contribution is -3.61. The summed E-state index contributed by atoms with van der Waals surface area (Å²) in [7, 11) is -16.6. The van der Waals surface area contributed by atoms with Crippen molar-refractivity contribution in [2.24, 2.45) is 0 Å². The van der Waals surface area contributed by atoms with Crippen molar-refractivity contribution in [3.8, 4) is 10.6 Å². The van der Waals surface area contributed by atoms with E-state index in [9.17, 15) is 53.1 Å². The van der Waals surface area contributed by atoms with Gasteiger partial charge in [-0.3, -0.25) is 25.3 Å². The molecule has 6 aromatic rings. The number of ether oxygens (including phenoxy) is 2. The summed E-state index contributed by atoms with van der Waals surface area (Å²) in [6, 6.07) is 38.9. The van der Waals surface area contributed by atoms with Crippen LogP contribution in [0.1, 0.15) is 60.5 Å². The van der Waals surface area contributed by atoms with Gasteiger partial charge in [0.05, 0.1) is 35.1 Å². The van der Waals surface area contributed by atoms with Crippen molar-refractivity contribution in [1.29, 1.82) is 0 Å². The minimum atomic E-state index is -6.41. The van der Waals surface area contributed by atoms with Gasteiger partial charge in [0.1, 0.15) is 11.4 Å². The van der Waals surface area contributed by atoms with Gasteiger partial charge in [0.2, 0.25) is 3.57 Å². The SMILES string of the molecule is CCC1(OC(=O)COc2c(C)cc(-[s+]3c4ccccc4c4ccccc43)cc2C)CCCC1.CS(=O)(=O)[C-](S(C)(=O)=O)S(=O)(=O)C(F)(F)F.O=C([O-])c1ccccc1[I+]c1ccccc1. The second-order valence-electron chi connectivity index (χ2n) is 15.1. The summed E-state index contributed by atoms with van der Waals surface area (Å²) >= 11 is -0.447. The first kappa shape index (κ1) is 51.4. The molecule has 0 radical (unpaired) electrons. The Labute approximate surface area is 390 Å². The molecule has 1 aliphatic rings. The molecule has 1 aliphatic carbocycles. The summed E-state index contributed by atoms with van der Waals surface area (Å²) in [6.07, 6.45) is 5.20. The lowest BCUT2D eigenvalue weighted by molar-refractivity contribution is -0.598. The average Bonchev–Trinajstić information content (AvgIpc) is 3.83. The molecule has 0 bridgehead atoms. The molecule has 0 spiro atoms. The maximum absolute atomic E-state index is 12.6. The van der Waals surface area contributed by atoms with E-state index in [0.29, 0.717) is 5.56 Å². The topological polar surface area (TPSA) is 178 Å². The number of carboxylic acids is 1. The van der Waals surface area contributed by atoms with Gasteiger partial charge in [-0.1, -0.05) is 61.5 Å². The number of thiophene rings is 1. The van der Waals surface area contributed by atoms with E-state index in [1.807, 2.05) is 42.5 Å². The van der Waals surface area contributed by atoms with Crippen LogP contribution >= 0.6 is 10.5 Å². The fourth-order valence-corrected chi connectivity index (χ4v) is 18.6. The Bertz CT molecular complexity index is 2910. The third kappa shape index (κ3) is 12.5. The third-order valence-corrected chi connectivity index (χ3v) is 22.5. The van der Waals surface area contributed by atoms with Gasteiger partial charge in [-0.2, -0.15) is 13.2 Å². The normalized spacial score (nSPS) is 14.0. The zero-order valence-electron chi connectivity index (χ0n) is 35.8. The molecule has 7 rings (SSSR count). The fraction of sp³-hybridized carbons (Fsp3) is 0.283. The Morgan fingerprint density at radius 3 is 1.69 bits per heavy atom. The zero-order valence-corrected chi connectivity index (χ0v) is 41.3. The molecular weight excluding hydrogens is 1040 g/mol. The van der Waals surface area contributed by atoms with E-state index in [2.05, 4.69) is 81.4 Å². The van der Waals surface area contributed by atoms with Crippen LogP contribution in [0.25, 0.3) is 25.1 Å². The number of carbonyl (C=O) groups excluding carboxylic acids is 2. The summed E-state index contributed by atoms with van der Waals surface area (Å²) in [6.45, 7) is 6.20. The Kier molecular flexibility index (Phi) is 16.6. The molecule has 65 heavy (non-hydrogen) atoms. The molecule has 1 aromatic heterocycles. The highest BCUT2D eigenvalue weighted by Gasteiger charge is 2.49. The number of rotatable bonds is 12. The van der Waals surface area contributed by atoms with Crippen molar-refractivity contribution >= 4 is 72.1 Å². The standard InChI is InChI=1S/C29H31O3S.C13H9IO2.C4H6F3O6S3/c1-4-29(15-9-10-16-29)32-27(30)19-31-28-20(2)17-22(18-21(28)3)33-25-13-7-5-11-23(25)24-12-6-8-14-26(24)33;15-13(16)11-8-4-5-9-12(11)14-10-6-2-1-3-7-10;1-14(8,9)3(15(2,10)11)16(12,13)4(5,6)7/h5-8,11-14,17-18H,4,9-10,15-16,19H2,1-3H3;1-9H;1-2H3/q+1;;-1. The average molecular weight is 1090 g/mol. The van der Waals surface area contributed by atoms with Gasteiger partial charge in [-0.25, -0.2) is 4.79 Å². The molecule has 0 N–H and O–H groups in total. The van der Waals surface area contributed by atoms with Crippen molar-refractivity contribution in [2.75, 3.05) is 19.1 Å². The summed E-state index contributed by atoms with van der Waals surface area (Å²) < 4.78 is 115. The van der Waals surface area contributed by atoms with Crippen molar-refractivity contribution in [3.63, 3.8) is 0 Å². The van der Waals surface area contributed by atoms with E-state index in [1.54, 1.807) is 12.1 Å². The van der Waals surface area contributed by atoms with Gasteiger partial charge in [-0.05, 0) is 106 Å². The van der Waals surface area contributed by atoms with E-state index in [4.69, 9.17) is 9.47 Å². The largest absolute Gasteiger partial charge is 0.545 e. The van der Waals surface area contributed by atoms with Crippen molar-refractivity contribution in [3.05, 3.63) is 143 Å². The highest BCUT2D eigenvalue weighted by molar-refractivity contribution is 8.28. The van der Waals surface area contributed by atoms with Gasteiger partial charge in [0, 0.05) is 45.9 Å². The lowest BCUT2D eigenvalue weighted by atomic mass is 9.99. The first-order valence-electron chi connectivity index (χ1n) is 19.9. The van der Waals surface area contributed by atoms with Crippen LogP contribution in [0.5, 0.6) is 5.75 Å².